The van der Waals surface area contributed by atoms with Crippen molar-refractivity contribution in [2.75, 3.05) is 24.9 Å². The number of nitrogens with zero attached hydrogens (tertiary/aromatic N) is 2. The van der Waals surface area contributed by atoms with Crippen LogP contribution < -0.4 is 31.2 Å². The Balaban J connectivity index is 1.41. The number of benzene rings is 2. The van der Waals surface area contributed by atoms with Crippen molar-refractivity contribution in [1.29, 1.82) is 0 Å². The molecule has 0 unspecified atom stereocenters. The molecule has 0 radical (unpaired) electrons. The highest BCUT2D eigenvalue weighted by atomic mass is 16.5. The third-order valence-electron chi connectivity index (χ3n) is 6.77. The highest BCUT2D eigenvalue weighted by Crippen LogP contribution is 2.35. The second-order valence-corrected chi connectivity index (χ2v) is 9.33. The van der Waals surface area contributed by atoms with E-state index in [1.54, 1.807) is 44.7 Å². The summed E-state index contributed by atoms with van der Waals surface area (Å²) in [6.45, 7) is 0. The lowest BCUT2D eigenvalue weighted by Crippen LogP contribution is -2.40. The normalized spacial score (nSPS) is 18.5. The highest BCUT2D eigenvalue weighted by Gasteiger charge is 2.24. The second kappa shape index (κ2) is 10.4. The van der Waals surface area contributed by atoms with E-state index in [1.165, 1.54) is 0 Å². The Labute approximate surface area is 215 Å². The minimum Gasteiger partial charge on any atom is -0.493 e. The number of hydrogen-bond donors (Lipinski definition) is 4. The van der Waals surface area contributed by atoms with E-state index in [2.05, 4.69) is 20.9 Å². The van der Waals surface area contributed by atoms with Gasteiger partial charge in [-0.3, -0.25) is 9.59 Å². The number of nitrogens with one attached hydrogen (secondary N) is 3. The molecule has 1 aliphatic carbocycles. The zero-order valence-corrected chi connectivity index (χ0v) is 20.8. The first-order chi connectivity index (χ1) is 17.9. The van der Waals surface area contributed by atoms with Gasteiger partial charge in [0, 0.05) is 46.7 Å². The average molecular weight is 503 g/mol. The molecule has 0 spiro atoms. The molecule has 0 atom stereocenters. The Morgan fingerprint density at radius 3 is 2.59 bits per heavy atom. The zero-order chi connectivity index (χ0) is 25.9. The van der Waals surface area contributed by atoms with E-state index in [4.69, 9.17) is 20.2 Å². The standard InChI is InChI=1S/C27H30N6O4/c1-36-22-10-8-19(13-23(22)37-2)31-27-29-14-16-12-24(34)32-21-11-15(3-9-20(21)25(16)33-27)26(35)30-18-6-4-17(28)5-7-18/h3,8-11,13-14,17-18H,4-7,12,28H2,1-2H3,(H,30,35)(H,32,34)(H,29,31,33)/t17-,18-. The average Bonchev–Trinajstić information content (AvgIpc) is 3.04. The molecule has 2 aliphatic rings. The highest BCUT2D eigenvalue weighted by molar-refractivity contribution is 6.03. The number of ether oxygens (including phenoxy) is 2. The summed E-state index contributed by atoms with van der Waals surface area (Å²) in [5, 5.41) is 9.20. The van der Waals surface area contributed by atoms with E-state index in [9.17, 15) is 9.59 Å². The Kier molecular flexibility index (Phi) is 6.91. The maximum Gasteiger partial charge on any atom is 0.251 e. The molecule has 192 valence electrons. The largest absolute Gasteiger partial charge is 0.493 e. The fourth-order valence-corrected chi connectivity index (χ4v) is 4.77. The Morgan fingerprint density at radius 1 is 1.05 bits per heavy atom. The summed E-state index contributed by atoms with van der Waals surface area (Å²) < 4.78 is 10.7. The van der Waals surface area contributed by atoms with Crippen LogP contribution in [0.15, 0.2) is 42.6 Å². The van der Waals surface area contributed by atoms with Crippen molar-refractivity contribution in [2.24, 2.45) is 5.73 Å². The van der Waals surface area contributed by atoms with E-state index in [0.717, 1.165) is 36.9 Å². The molecule has 10 heteroatoms. The summed E-state index contributed by atoms with van der Waals surface area (Å²) in [6, 6.07) is 11.0. The monoisotopic (exact) mass is 502 g/mol. The van der Waals surface area contributed by atoms with Gasteiger partial charge in [-0.25, -0.2) is 9.97 Å². The summed E-state index contributed by atoms with van der Waals surface area (Å²) in [4.78, 5) is 34.7. The minimum absolute atomic E-state index is 0.111. The van der Waals surface area contributed by atoms with Crippen molar-refractivity contribution >= 4 is 29.1 Å². The maximum absolute atomic E-state index is 12.9. The minimum atomic E-state index is -0.192. The van der Waals surface area contributed by atoms with Crippen molar-refractivity contribution in [3.05, 3.63) is 53.7 Å². The molecule has 1 aliphatic heterocycles. The fourth-order valence-electron chi connectivity index (χ4n) is 4.77. The van der Waals surface area contributed by atoms with Gasteiger partial charge >= 0.3 is 0 Å². The molecule has 1 saturated carbocycles. The lowest BCUT2D eigenvalue weighted by atomic mass is 9.91. The lowest BCUT2D eigenvalue weighted by molar-refractivity contribution is -0.115. The molecule has 2 heterocycles. The van der Waals surface area contributed by atoms with Crippen LogP contribution in [0.2, 0.25) is 0 Å². The molecule has 0 saturated heterocycles. The first-order valence-electron chi connectivity index (χ1n) is 12.3. The number of rotatable bonds is 6. The maximum atomic E-state index is 12.9. The molecule has 10 nitrogen and oxygen atoms in total. The first kappa shape index (κ1) is 24.5. The summed E-state index contributed by atoms with van der Waals surface area (Å²) >= 11 is 0. The Morgan fingerprint density at radius 2 is 1.84 bits per heavy atom. The van der Waals surface area contributed by atoms with Crippen LogP contribution in [-0.2, 0) is 11.2 Å². The van der Waals surface area contributed by atoms with Crippen LogP contribution in [0.4, 0.5) is 17.3 Å². The van der Waals surface area contributed by atoms with Gasteiger partial charge in [0.15, 0.2) is 11.5 Å². The number of fused-ring (bicyclic) bond motifs is 3. The van der Waals surface area contributed by atoms with Gasteiger partial charge in [-0.15, -0.1) is 0 Å². The van der Waals surface area contributed by atoms with Crippen molar-refractivity contribution in [1.82, 2.24) is 15.3 Å². The van der Waals surface area contributed by atoms with Crippen molar-refractivity contribution in [2.45, 2.75) is 44.2 Å². The van der Waals surface area contributed by atoms with Crippen molar-refractivity contribution in [3.8, 4) is 22.8 Å². The van der Waals surface area contributed by atoms with Gasteiger partial charge in [-0.2, -0.15) is 0 Å². The van der Waals surface area contributed by atoms with E-state index >= 15 is 0 Å². The van der Waals surface area contributed by atoms with Crippen LogP contribution in [0.1, 0.15) is 41.6 Å². The third-order valence-corrected chi connectivity index (χ3v) is 6.77. The van der Waals surface area contributed by atoms with Gasteiger partial charge in [-0.05, 0) is 56.0 Å². The van der Waals surface area contributed by atoms with Gasteiger partial charge in [0.25, 0.3) is 5.91 Å². The number of carbonyl (C=O) groups excluding carboxylic acids is 2. The smallest absolute Gasteiger partial charge is 0.251 e. The Hall–Kier alpha value is -4.18. The summed E-state index contributed by atoms with van der Waals surface area (Å²) in [6.07, 6.45) is 5.32. The van der Waals surface area contributed by atoms with Gasteiger partial charge in [-0.1, -0.05) is 0 Å². The predicted molar refractivity (Wildman–Crippen MR) is 140 cm³/mol. The van der Waals surface area contributed by atoms with E-state index < -0.39 is 0 Å². The van der Waals surface area contributed by atoms with Crippen molar-refractivity contribution in [3.63, 3.8) is 0 Å². The summed E-state index contributed by atoms with van der Waals surface area (Å²) in [7, 11) is 3.15. The number of methoxy groups -OCH3 is 2. The number of carbonyl (C=O) groups is 2. The molecule has 2 amide bonds. The number of aromatic nitrogens is 2. The molecule has 0 bridgehead atoms. The van der Waals surface area contributed by atoms with Gasteiger partial charge < -0.3 is 31.2 Å². The van der Waals surface area contributed by atoms with Gasteiger partial charge in [0.05, 0.1) is 32.0 Å². The number of hydrogen-bond acceptors (Lipinski definition) is 8. The van der Waals surface area contributed by atoms with Crippen LogP contribution in [0.3, 0.4) is 0 Å². The topological polar surface area (TPSA) is 140 Å². The number of nitrogens with two attached hydrogens (primary N) is 1. The van der Waals surface area contributed by atoms with Crippen LogP contribution in [0.5, 0.6) is 11.5 Å². The SMILES string of the molecule is COc1ccc(Nc2ncc3c(n2)-c2ccc(C(=O)N[C@H]4CC[C@H](N)CC4)cc2NC(=O)C3)cc1OC. The first-order valence-corrected chi connectivity index (χ1v) is 12.3. The fraction of sp³-hybridized carbons (Fsp3) is 0.333. The van der Waals surface area contributed by atoms with Crippen LogP contribution >= 0.6 is 0 Å². The third kappa shape index (κ3) is 5.34. The molecule has 3 aromatic rings. The van der Waals surface area contributed by atoms with Crippen LogP contribution in [-0.4, -0.2) is 48.1 Å². The van der Waals surface area contributed by atoms with Gasteiger partial charge in [0.2, 0.25) is 11.9 Å². The molecular weight excluding hydrogens is 472 g/mol. The van der Waals surface area contributed by atoms with Gasteiger partial charge in [0.1, 0.15) is 0 Å². The van der Waals surface area contributed by atoms with Crippen molar-refractivity contribution < 1.29 is 19.1 Å². The number of anilines is 3. The van der Waals surface area contributed by atoms with E-state index in [-0.39, 0.29) is 30.3 Å². The molecule has 37 heavy (non-hydrogen) atoms. The second-order valence-electron chi connectivity index (χ2n) is 9.33. The Bertz CT molecular complexity index is 1340. The quantitative estimate of drug-likeness (QED) is 0.402. The van der Waals surface area contributed by atoms with E-state index in [0.29, 0.717) is 40.0 Å². The van der Waals surface area contributed by atoms with Crippen LogP contribution in [0.25, 0.3) is 11.3 Å². The molecule has 2 aromatic carbocycles. The molecule has 5 N–H and O–H groups in total. The van der Waals surface area contributed by atoms with E-state index in [1.807, 2.05) is 12.1 Å². The molecular formula is C27H30N6O4. The zero-order valence-electron chi connectivity index (χ0n) is 20.8. The summed E-state index contributed by atoms with van der Waals surface area (Å²) in [5.74, 6) is 1.19. The lowest BCUT2D eigenvalue weighted by Gasteiger charge is -2.26. The predicted octanol–water partition coefficient (Wildman–Crippen LogP) is 3.40. The number of amides is 2. The molecule has 5 rings (SSSR count). The van der Waals surface area contributed by atoms with Crippen LogP contribution in [0, 0.1) is 0 Å². The molecule has 1 aromatic heterocycles. The summed E-state index contributed by atoms with van der Waals surface area (Å²) in [5.41, 5.74) is 9.77. The molecule has 1 fully saturated rings.